The molecule has 0 bridgehead atoms. The standard InChI is InChI=1S/C15H12N2O3/c1-20-13-4-2-3-11-14(13)10(8-17-11)12-7-9(15(18)19)5-6-16-12/h2-8,17H,1H3,(H,18,19). The number of hydrogen-bond acceptors (Lipinski definition) is 3. The second kappa shape index (κ2) is 4.70. The van der Waals surface area contributed by atoms with Gasteiger partial charge in [-0.1, -0.05) is 6.07 Å². The molecule has 5 nitrogen and oxygen atoms in total. The zero-order chi connectivity index (χ0) is 14.1. The molecule has 100 valence electrons. The molecule has 0 atom stereocenters. The highest BCUT2D eigenvalue weighted by molar-refractivity contribution is 6.00. The van der Waals surface area contributed by atoms with Gasteiger partial charge in [0.1, 0.15) is 5.75 Å². The summed E-state index contributed by atoms with van der Waals surface area (Å²) < 4.78 is 5.36. The van der Waals surface area contributed by atoms with E-state index in [1.807, 2.05) is 18.2 Å². The largest absolute Gasteiger partial charge is 0.496 e. The average molecular weight is 268 g/mol. The third kappa shape index (κ3) is 1.89. The molecular formula is C15H12N2O3. The number of carboxylic acid groups (broad SMARTS) is 1. The van der Waals surface area contributed by atoms with Crippen LogP contribution in [0.5, 0.6) is 5.75 Å². The smallest absolute Gasteiger partial charge is 0.335 e. The van der Waals surface area contributed by atoms with Crippen LogP contribution in [-0.2, 0) is 0 Å². The van der Waals surface area contributed by atoms with Crippen LogP contribution in [0.2, 0.25) is 0 Å². The van der Waals surface area contributed by atoms with E-state index < -0.39 is 5.97 Å². The predicted octanol–water partition coefficient (Wildman–Crippen LogP) is 2.94. The SMILES string of the molecule is COc1cccc2[nH]cc(-c3cc(C(=O)O)ccn3)c12. The molecule has 20 heavy (non-hydrogen) atoms. The molecule has 0 aliphatic carbocycles. The number of carboxylic acids is 1. The molecule has 2 heterocycles. The number of H-pyrrole nitrogens is 1. The fourth-order valence-corrected chi connectivity index (χ4v) is 2.23. The number of benzene rings is 1. The van der Waals surface area contributed by atoms with E-state index in [1.165, 1.54) is 12.3 Å². The van der Waals surface area contributed by atoms with Crippen LogP contribution >= 0.6 is 0 Å². The summed E-state index contributed by atoms with van der Waals surface area (Å²) in [5.74, 6) is -0.248. The highest BCUT2D eigenvalue weighted by atomic mass is 16.5. The van der Waals surface area contributed by atoms with Crippen molar-refractivity contribution in [1.29, 1.82) is 0 Å². The van der Waals surface area contributed by atoms with Gasteiger partial charge in [0, 0.05) is 23.5 Å². The normalized spacial score (nSPS) is 10.7. The first-order chi connectivity index (χ1) is 9.70. The Morgan fingerprint density at radius 1 is 1.35 bits per heavy atom. The van der Waals surface area contributed by atoms with E-state index in [2.05, 4.69) is 9.97 Å². The van der Waals surface area contributed by atoms with Crippen LogP contribution in [0.1, 0.15) is 10.4 Å². The number of nitrogens with zero attached hydrogens (tertiary/aromatic N) is 1. The number of methoxy groups -OCH3 is 1. The van der Waals surface area contributed by atoms with Crippen molar-refractivity contribution in [2.45, 2.75) is 0 Å². The molecular weight excluding hydrogens is 256 g/mol. The van der Waals surface area contributed by atoms with Crippen LogP contribution in [-0.4, -0.2) is 28.2 Å². The lowest BCUT2D eigenvalue weighted by molar-refractivity contribution is 0.0697. The molecule has 1 aromatic carbocycles. The Morgan fingerprint density at radius 3 is 2.95 bits per heavy atom. The molecule has 0 fully saturated rings. The van der Waals surface area contributed by atoms with E-state index in [4.69, 9.17) is 9.84 Å². The second-order valence-corrected chi connectivity index (χ2v) is 4.32. The Kier molecular flexibility index (Phi) is 2.87. The first-order valence-corrected chi connectivity index (χ1v) is 6.04. The molecule has 0 saturated carbocycles. The van der Waals surface area contributed by atoms with E-state index in [1.54, 1.807) is 19.4 Å². The summed E-state index contributed by atoms with van der Waals surface area (Å²) in [5, 5.41) is 9.95. The molecule has 2 aromatic heterocycles. The van der Waals surface area contributed by atoms with E-state index in [0.29, 0.717) is 5.69 Å². The summed E-state index contributed by atoms with van der Waals surface area (Å²) >= 11 is 0. The van der Waals surface area contributed by atoms with Crippen LogP contribution < -0.4 is 4.74 Å². The van der Waals surface area contributed by atoms with E-state index in [9.17, 15) is 4.79 Å². The minimum absolute atomic E-state index is 0.208. The van der Waals surface area contributed by atoms with E-state index in [-0.39, 0.29) is 5.56 Å². The number of aromatic amines is 1. The summed E-state index contributed by atoms with van der Waals surface area (Å²) in [4.78, 5) is 18.4. The van der Waals surface area contributed by atoms with Gasteiger partial charge in [0.05, 0.1) is 23.8 Å². The monoisotopic (exact) mass is 268 g/mol. The Morgan fingerprint density at radius 2 is 2.20 bits per heavy atom. The van der Waals surface area contributed by atoms with Gasteiger partial charge in [0.15, 0.2) is 0 Å². The van der Waals surface area contributed by atoms with Gasteiger partial charge in [-0.3, -0.25) is 4.98 Å². The van der Waals surface area contributed by atoms with Crippen molar-refractivity contribution in [3.8, 4) is 17.0 Å². The highest BCUT2D eigenvalue weighted by Gasteiger charge is 2.13. The highest BCUT2D eigenvalue weighted by Crippen LogP contribution is 2.34. The van der Waals surface area contributed by atoms with Gasteiger partial charge < -0.3 is 14.8 Å². The van der Waals surface area contributed by atoms with E-state index in [0.717, 1.165) is 22.2 Å². The molecule has 0 amide bonds. The fraction of sp³-hybridized carbons (Fsp3) is 0.0667. The number of ether oxygens (including phenoxy) is 1. The van der Waals surface area contributed by atoms with Crippen molar-refractivity contribution in [2.75, 3.05) is 7.11 Å². The molecule has 3 aromatic rings. The minimum Gasteiger partial charge on any atom is -0.496 e. The molecule has 0 spiro atoms. The summed E-state index contributed by atoms with van der Waals surface area (Å²) in [5.41, 5.74) is 2.54. The topological polar surface area (TPSA) is 75.2 Å². The minimum atomic E-state index is -0.972. The van der Waals surface area contributed by atoms with Crippen molar-refractivity contribution in [1.82, 2.24) is 9.97 Å². The van der Waals surface area contributed by atoms with Crippen molar-refractivity contribution < 1.29 is 14.6 Å². The average Bonchev–Trinajstić information content (AvgIpc) is 2.91. The quantitative estimate of drug-likeness (QED) is 0.765. The zero-order valence-corrected chi connectivity index (χ0v) is 10.8. The van der Waals surface area contributed by atoms with Gasteiger partial charge >= 0.3 is 5.97 Å². The molecule has 3 rings (SSSR count). The Balaban J connectivity index is 2.24. The van der Waals surface area contributed by atoms with Gasteiger partial charge in [0.25, 0.3) is 0 Å². The lowest BCUT2D eigenvalue weighted by Gasteiger charge is -2.05. The number of nitrogens with one attached hydrogen (secondary N) is 1. The Hall–Kier alpha value is -2.82. The Bertz CT molecular complexity index is 793. The van der Waals surface area contributed by atoms with Crippen LogP contribution in [0.25, 0.3) is 22.2 Å². The summed E-state index contributed by atoms with van der Waals surface area (Å²) in [6.45, 7) is 0. The first kappa shape index (κ1) is 12.2. The van der Waals surface area contributed by atoms with Crippen LogP contribution in [0.3, 0.4) is 0 Å². The number of pyridine rings is 1. The van der Waals surface area contributed by atoms with Crippen LogP contribution in [0.4, 0.5) is 0 Å². The van der Waals surface area contributed by atoms with E-state index >= 15 is 0 Å². The number of hydrogen-bond donors (Lipinski definition) is 2. The van der Waals surface area contributed by atoms with Gasteiger partial charge in [-0.2, -0.15) is 0 Å². The van der Waals surface area contributed by atoms with Gasteiger partial charge in [0.2, 0.25) is 0 Å². The lowest BCUT2D eigenvalue weighted by atomic mass is 10.1. The van der Waals surface area contributed by atoms with Crippen LogP contribution in [0.15, 0.2) is 42.7 Å². The molecule has 5 heteroatoms. The maximum Gasteiger partial charge on any atom is 0.335 e. The second-order valence-electron chi connectivity index (χ2n) is 4.32. The third-order valence-electron chi connectivity index (χ3n) is 3.17. The number of rotatable bonds is 3. The number of aromatic carboxylic acids is 1. The Labute approximate surface area is 114 Å². The summed E-state index contributed by atoms with van der Waals surface area (Å²) in [6.07, 6.45) is 3.30. The molecule has 0 unspecified atom stereocenters. The maximum absolute atomic E-state index is 11.0. The molecule has 2 N–H and O–H groups in total. The van der Waals surface area contributed by atoms with Crippen molar-refractivity contribution >= 4 is 16.9 Å². The molecule has 0 radical (unpaired) electrons. The van der Waals surface area contributed by atoms with Crippen molar-refractivity contribution in [2.24, 2.45) is 0 Å². The first-order valence-electron chi connectivity index (χ1n) is 6.04. The number of aromatic nitrogens is 2. The lowest BCUT2D eigenvalue weighted by Crippen LogP contribution is -1.97. The van der Waals surface area contributed by atoms with Gasteiger partial charge in [-0.25, -0.2) is 4.79 Å². The molecule has 0 saturated heterocycles. The molecule has 0 aliphatic rings. The van der Waals surface area contributed by atoms with Gasteiger partial charge in [-0.15, -0.1) is 0 Å². The third-order valence-corrected chi connectivity index (χ3v) is 3.17. The van der Waals surface area contributed by atoms with Crippen molar-refractivity contribution in [3.63, 3.8) is 0 Å². The number of carbonyl (C=O) groups is 1. The summed E-state index contributed by atoms with van der Waals surface area (Å²) in [6, 6.07) is 8.71. The molecule has 0 aliphatic heterocycles. The van der Waals surface area contributed by atoms with Gasteiger partial charge in [-0.05, 0) is 24.3 Å². The van der Waals surface area contributed by atoms with Crippen molar-refractivity contribution in [3.05, 3.63) is 48.3 Å². The maximum atomic E-state index is 11.0. The summed E-state index contributed by atoms with van der Waals surface area (Å²) in [7, 11) is 1.60. The zero-order valence-electron chi connectivity index (χ0n) is 10.8. The van der Waals surface area contributed by atoms with Crippen LogP contribution in [0, 0.1) is 0 Å². The predicted molar refractivity (Wildman–Crippen MR) is 75.0 cm³/mol. The fourth-order valence-electron chi connectivity index (χ4n) is 2.23. The number of fused-ring (bicyclic) bond motifs is 1.